The molecular formula is C32H64Na2O3. The zero-order chi connectivity index (χ0) is 25.7. The van der Waals surface area contributed by atoms with Gasteiger partial charge in [0.05, 0.1) is 0 Å². The molecule has 0 rings (SSSR count). The summed E-state index contributed by atoms with van der Waals surface area (Å²) in [6, 6.07) is 0. The molecule has 0 spiro atoms. The summed E-state index contributed by atoms with van der Waals surface area (Å²) in [5, 5.41) is 0. The van der Waals surface area contributed by atoms with Crippen molar-refractivity contribution in [1.82, 2.24) is 0 Å². The topological polar surface area (TPSA) is 43.4 Å². The molecule has 0 aliphatic heterocycles. The second-order valence-corrected chi connectivity index (χ2v) is 10.8. The number of ether oxygens (including phenoxy) is 1. The SMILES string of the molecule is CCCCCCCCCCCCCCCCCC(=O)OC(=O)CCCCCCCCCCCCC.[H-].[H-].[Na+].[Na+]. The van der Waals surface area contributed by atoms with E-state index in [9.17, 15) is 9.59 Å². The average Bonchev–Trinajstić information content (AvgIpc) is 2.85. The molecule has 0 aliphatic carbocycles. The van der Waals surface area contributed by atoms with Crippen LogP contribution >= 0.6 is 0 Å². The van der Waals surface area contributed by atoms with Gasteiger partial charge in [0.15, 0.2) is 0 Å². The molecule has 0 fully saturated rings. The van der Waals surface area contributed by atoms with E-state index in [-0.39, 0.29) is 73.9 Å². The van der Waals surface area contributed by atoms with Crippen LogP contribution in [0.1, 0.15) is 196 Å². The predicted octanol–water partition coefficient (Wildman–Crippen LogP) is 5.25. The second-order valence-electron chi connectivity index (χ2n) is 10.8. The van der Waals surface area contributed by atoms with Crippen LogP contribution in [-0.2, 0) is 14.3 Å². The first-order valence-electron chi connectivity index (χ1n) is 15.9. The molecule has 0 saturated carbocycles. The number of carbonyl (C=O) groups is 2. The van der Waals surface area contributed by atoms with E-state index in [2.05, 4.69) is 13.8 Å². The minimum absolute atomic E-state index is 0. The van der Waals surface area contributed by atoms with E-state index in [1.165, 1.54) is 141 Å². The fourth-order valence-corrected chi connectivity index (χ4v) is 4.80. The monoisotopic (exact) mass is 542 g/mol. The molecule has 0 radical (unpaired) electrons. The summed E-state index contributed by atoms with van der Waals surface area (Å²) in [4.78, 5) is 23.7. The van der Waals surface area contributed by atoms with Gasteiger partial charge < -0.3 is 7.59 Å². The number of hydrogen-bond acceptors (Lipinski definition) is 3. The van der Waals surface area contributed by atoms with Crippen molar-refractivity contribution in [3.8, 4) is 0 Å². The van der Waals surface area contributed by atoms with Crippen LogP contribution in [0.5, 0.6) is 0 Å². The van der Waals surface area contributed by atoms with Gasteiger partial charge in [-0.05, 0) is 12.8 Å². The molecule has 0 saturated heterocycles. The quantitative estimate of drug-likeness (QED) is 0.0587. The molecule has 0 aromatic carbocycles. The molecule has 0 aromatic rings. The first-order valence-corrected chi connectivity index (χ1v) is 15.9. The Labute approximate surface area is 279 Å². The molecule has 5 heteroatoms. The molecule has 0 N–H and O–H groups in total. The van der Waals surface area contributed by atoms with E-state index >= 15 is 0 Å². The molecule has 0 amide bonds. The molecule has 37 heavy (non-hydrogen) atoms. The van der Waals surface area contributed by atoms with Crippen molar-refractivity contribution in [3.63, 3.8) is 0 Å². The van der Waals surface area contributed by atoms with Gasteiger partial charge in [-0.15, -0.1) is 0 Å². The van der Waals surface area contributed by atoms with Gasteiger partial charge in [-0.3, -0.25) is 9.59 Å². The smallest absolute Gasteiger partial charge is 1.00 e. The van der Waals surface area contributed by atoms with Gasteiger partial charge in [0.25, 0.3) is 0 Å². The maximum atomic E-state index is 11.8. The minimum Gasteiger partial charge on any atom is -1.00 e. The normalized spacial score (nSPS) is 10.5. The third-order valence-electron chi connectivity index (χ3n) is 7.20. The second kappa shape index (κ2) is 37.1. The van der Waals surface area contributed by atoms with Crippen molar-refractivity contribution in [1.29, 1.82) is 0 Å². The van der Waals surface area contributed by atoms with E-state index in [4.69, 9.17) is 4.74 Å². The van der Waals surface area contributed by atoms with Gasteiger partial charge in [0.1, 0.15) is 0 Å². The largest absolute Gasteiger partial charge is 1.00 e. The Hall–Kier alpha value is 1.14. The summed E-state index contributed by atoms with van der Waals surface area (Å²) in [5.41, 5.74) is 0. The third kappa shape index (κ3) is 37.1. The maximum Gasteiger partial charge on any atom is 1.00 e. The third-order valence-corrected chi connectivity index (χ3v) is 7.20. The Morgan fingerprint density at radius 3 is 0.784 bits per heavy atom. The molecule has 212 valence electrons. The number of rotatable bonds is 28. The van der Waals surface area contributed by atoms with Crippen LogP contribution in [0, 0.1) is 0 Å². The molecule has 3 nitrogen and oxygen atoms in total. The van der Waals surface area contributed by atoms with Crippen LogP contribution in [-0.4, -0.2) is 11.9 Å². The molecule has 0 bridgehead atoms. The summed E-state index contributed by atoms with van der Waals surface area (Å²) in [5.74, 6) is -0.653. The summed E-state index contributed by atoms with van der Waals surface area (Å²) in [6.07, 6.45) is 34.3. The Kier molecular flexibility index (Phi) is 42.8. The Morgan fingerprint density at radius 2 is 0.568 bits per heavy atom. The maximum absolute atomic E-state index is 11.8. The van der Waals surface area contributed by atoms with Crippen molar-refractivity contribution in [2.75, 3.05) is 0 Å². The summed E-state index contributed by atoms with van der Waals surface area (Å²) < 4.78 is 4.98. The molecule has 0 aliphatic rings. The average molecular weight is 543 g/mol. The standard InChI is InChI=1S/C32H62O3.2Na.2H/c1-3-5-7-9-11-13-15-16-17-18-20-22-24-26-28-30-32(34)35-31(33)29-27-25-23-21-19-14-12-10-8-6-4-2;;;;/h3-30H2,1-2H3;;;;/q;2*+1;2*-1. The molecule has 0 unspecified atom stereocenters. The zero-order valence-corrected chi connectivity index (χ0v) is 30.0. The van der Waals surface area contributed by atoms with Gasteiger partial charge >= 0.3 is 71.1 Å². The van der Waals surface area contributed by atoms with Gasteiger partial charge in [0, 0.05) is 12.8 Å². The Balaban J connectivity index is -0.000000963. The number of unbranched alkanes of at least 4 members (excludes halogenated alkanes) is 24. The van der Waals surface area contributed by atoms with Crippen LogP contribution in [0.15, 0.2) is 0 Å². The van der Waals surface area contributed by atoms with E-state index in [1.54, 1.807) is 0 Å². The summed E-state index contributed by atoms with van der Waals surface area (Å²) >= 11 is 0. The summed E-state index contributed by atoms with van der Waals surface area (Å²) in [7, 11) is 0. The fraction of sp³-hybridized carbons (Fsp3) is 0.938. The number of carbonyl (C=O) groups excluding carboxylic acids is 2. The number of hydrogen-bond donors (Lipinski definition) is 0. The molecular weight excluding hydrogens is 478 g/mol. The van der Waals surface area contributed by atoms with Crippen LogP contribution in [0.3, 0.4) is 0 Å². The van der Waals surface area contributed by atoms with Crippen molar-refractivity contribution >= 4 is 11.9 Å². The molecule has 0 heterocycles. The van der Waals surface area contributed by atoms with Crippen molar-refractivity contribution in [2.45, 2.75) is 194 Å². The van der Waals surface area contributed by atoms with Crippen LogP contribution < -0.4 is 59.1 Å². The van der Waals surface area contributed by atoms with Gasteiger partial charge in [-0.2, -0.15) is 0 Å². The number of esters is 2. The first kappa shape index (κ1) is 42.6. The van der Waals surface area contributed by atoms with Crippen molar-refractivity contribution in [2.24, 2.45) is 0 Å². The Morgan fingerprint density at radius 1 is 0.378 bits per heavy atom. The van der Waals surface area contributed by atoms with Crippen LogP contribution in [0.4, 0.5) is 0 Å². The summed E-state index contributed by atoms with van der Waals surface area (Å²) in [6.45, 7) is 4.53. The van der Waals surface area contributed by atoms with Crippen molar-refractivity contribution < 1.29 is 76.3 Å². The molecule has 0 atom stereocenters. The predicted molar refractivity (Wildman–Crippen MR) is 154 cm³/mol. The van der Waals surface area contributed by atoms with Gasteiger partial charge in [-0.25, -0.2) is 0 Å². The van der Waals surface area contributed by atoms with Crippen LogP contribution in [0.25, 0.3) is 0 Å². The fourth-order valence-electron chi connectivity index (χ4n) is 4.80. The van der Waals surface area contributed by atoms with Gasteiger partial charge in [0.2, 0.25) is 0 Å². The Bertz CT molecular complexity index is 469. The van der Waals surface area contributed by atoms with E-state index in [1.807, 2.05) is 0 Å². The van der Waals surface area contributed by atoms with E-state index < -0.39 is 0 Å². The van der Waals surface area contributed by atoms with Crippen LogP contribution in [0.2, 0.25) is 0 Å². The first-order chi connectivity index (χ1) is 17.2. The zero-order valence-electron chi connectivity index (χ0n) is 28.0. The van der Waals surface area contributed by atoms with E-state index in [0.717, 1.165) is 25.7 Å². The van der Waals surface area contributed by atoms with Gasteiger partial charge in [-0.1, -0.05) is 168 Å². The minimum atomic E-state index is -0.327. The molecule has 0 aromatic heterocycles. The van der Waals surface area contributed by atoms with Crippen molar-refractivity contribution in [3.05, 3.63) is 0 Å². The van der Waals surface area contributed by atoms with E-state index in [0.29, 0.717) is 12.8 Å².